The smallest absolute Gasteiger partial charge is 0.372 e. The van der Waals surface area contributed by atoms with E-state index in [-0.39, 0.29) is 11.8 Å². The Kier molecular flexibility index (Phi) is 3.55. The molecule has 0 aliphatic rings. The first-order valence-electron chi connectivity index (χ1n) is 6.70. The van der Waals surface area contributed by atoms with Gasteiger partial charge in [0, 0.05) is 25.7 Å². The Morgan fingerprint density at radius 1 is 1.17 bits per heavy atom. The highest BCUT2D eigenvalue weighted by molar-refractivity contribution is 5.92. The molecule has 2 heterocycles. The fourth-order valence-corrected chi connectivity index (χ4v) is 2.25. The van der Waals surface area contributed by atoms with E-state index >= 15 is 0 Å². The van der Waals surface area contributed by atoms with Crippen molar-refractivity contribution in [3.63, 3.8) is 0 Å². The monoisotopic (exact) mass is 322 g/mol. The van der Waals surface area contributed by atoms with Crippen molar-refractivity contribution >= 4 is 28.4 Å². The van der Waals surface area contributed by atoms with Crippen molar-refractivity contribution in [3.8, 4) is 0 Å². The number of hydrogen-bond acceptors (Lipinski definition) is 5. The molecule has 0 saturated carbocycles. The van der Waals surface area contributed by atoms with Crippen LogP contribution in [0, 0.1) is 0 Å². The summed E-state index contributed by atoms with van der Waals surface area (Å²) in [4.78, 5) is 7.64. The molecule has 3 aromatic rings. The molecule has 1 aromatic carbocycles. The van der Waals surface area contributed by atoms with Gasteiger partial charge in [-0.15, -0.1) is 0 Å². The van der Waals surface area contributed by atoms with Gasteiger partial charge >= 0.3 is 6.18 Å². The Labute approximate surface area is 129 Å². The van der Waals surface area contributed by atoms with Gasteiger partial charge in [-0.3, -0.25) is 4.68 Å². The van der Waals surface area contributed by atoms with Crippen molar-refractivity contribution in [2.75, 3.05) is 17.7 Å². The number of fused-ring (bicyclic) bond motifs is 1. The van der Waals surface area contributed by atoms with Crippen LogP contribution in [0.4, 0.5) is 30.6 Å². The number of aromatic nitrogens is 4. The minimum atomic E-state index is -4.51. The van der Waals surface area contributed by atoms with E-state index in [2.05, 4.69) is 25.7 Å². The van der Waals surface area contributed by atoms with E-state index in [0.29, 0.717) is 5.69 Å². The van der Waals surface area contributed by atoms with Crippen LogP contribution in [-0.4, -0.2) is 26.8 Å². The molecule has 2 aromatic heterocycles. The molecule has 120 valence electrons. The second kappa shape index (κ2) is 5.41. The van der Waals surface area contributed by atoms with Crippen molar-refractivity contribution in [2.45, 2.75) is 6.18 Å². The summed E-state index contributed by atoms with van der Waals surface area (Å²) in [5.41, 5.74) is 0.637. The fourth-order valence-electron chi connectivity index (χ4n) is 2.25. The highest BCUT2D eigenvalue weighted by Gasteiger charge is 2.35. The Bertz CT molecular complexity index is 855. The summed E-state index contributed by atoms with van der Waals surface area (Å²) in [6.45, 7) is 0. The molecule has 2 N–H and O–H groups in total. The number of aryl methyl sites for hydroxylation is 1. The molecule has 3 rings (SSSR count). The lowest BCUT2D eigenvalue weighted by atomic mass is 10.2. The molecule has 9 heteroatoms. The van der Waals surface area contributed by atoms with E-state index in [0.717, 1.165) is 17.1 Å². The van der Waals surface area contributed by atoms with Gasteiger partial charge in [0.1, 0.15) is 11.4 Å². The normalized spacial score (nSPS) is 11.7. The SMILES string of the molecule is CNc1nc(Nc2cccc3c2cnn3C)ncc1C(F)(F)F. The van der Waals surface area contributed by atoms with Crippen molar-refractivity contribution in [3.05, 3.63) is 36.2 Å². The van der Waals surface area contributed by atoms with Crippen molar-refractivity contribution in [1.82, 2.24) is 19.7 Å². The highest BCUT2D eigenvalue weighted by atomic mass is 19.4. The molecular formula is C14H13F3N6. The van der Waals surface area contributed by atoms with Crippen molar-refractivity contribution in [2.24, 2.45) is 7.05 Å². The van der Waals surface area contributed by atoms with Gasteiger partial charge in [0.2, 0.25) is 5.95 Å². The number of nitrogens with zero attached hydrogens (tertiary/aromatic N) is 4. The van der Waals surface area contributed by atoms with Gasteiger partial charge in [-0.1, -0.05) is 6.07 Å². The lowest BCUT2D eigenvalue weighted by molar-refractivity contribution is -0.137. The molecular weight excluding hydrogens is 309 g/mol. The Morgan fingerprint density at radius 2 is 1.96 bits per heavy atom. The predicted molar refractivity (Wildman–Crippen MR) is 80.6 cm³/mol. The number of hydrogen-bond donors (Lipinski definition) is 2. The third kappa shape index (κ3) is 2.77. The molecule has 0 amide bonds. The van der Waals surface area contributed by atoms with Gasteiger partial charge in [0.25, 0.3) is 0 Å². The number of alkyl halides is 3. The maximum absolute atomic E-state index is 12.9. The maximum Gasteiger partial charge on any atom is 0.421 e. The van der Waals surface area contributed by atoms with E-state index in [1.54, 1.807) is 24.0 Å². The molecule has 6 nitrogen and oxygen atoms in total. The quantitative estimate of drug-likeness (QED) is 0.775. The minimum Gasteiger partial charge on any atom is -0.372 e. The zero-order valence-corrected chi connectivity index (χ0v) is 12.3. The Hall–Kier alpha value is -2.84. The first-order chi connectivity index (χ1) is 10.9. The van der Waals surface area contributed by atoms with Gasteiger partial charge < -0.3 is 10.6 Å². The summed E-state index contributed by atoms with van der Waals surface area (Å²) in [6, 6.07) is 5.49. The van der Waals surface area contributed by atoms with E-state index in [1.807, 2.05) is 12.1 Å². The third-order valence-corrected chi connectivity index (χ3v) is 3.37. The van der Waals surface area contributed by atoms with Crippen LogP contribution in [0.2, 0.25) is 0 Å². The predicted octanol–water partition coefficient (Wildman–Crippen LogP) is 3.17. The molecule has 0 spiro atoms. The fraction of sp³-hybridized carbons (Fsp3) is 0.214. The van der Waals surface area contributed by atoms with Gasteiger partial charge in [-0.25, -0.2) is 4.98 Å². The summed E-state index contributed by atoms with van der Waals surface area (Å²) in [5, 5.41) is 10.3. The van der Waals surface area contributed by atoms with Crippen molar-refractivity contribution < 1.29 is 13.2 Å². The van der Waals surface area contributed by atoms with Crippen LogP contribution in [0.3, 0.4) is 0 Å². The number of benzene rings is 1. The van der Waals surface area contributed by atoms with Gasteiger partial charge in [-0.05, 0) is 12.1 Å². The van der Waals surface area contributed by atoms with Crippen LogP contribution in [0.25, 0.3) is 10.9 Å². The van der Waals surface area contributed by atoms with Gasteiger partial charge in [0.05, 0.1) is 17.4 Å². The molecule has 0 unspecified atom stereocenters. The Balaban J connectivity index is 1.99. The van der Waals surface area contributed by atoms with Crippen molar-refractivity contribution in [1.29, 1.82) is 0 Å². The molecule has 23 heavy (non-hydrogen) atoms. The van der Waals surface area contributed by atoms with Crippen LogP contribution in [0.15, 0.2) is 30.6 Å². The molecule has 0 aliphatic carbocycles. The summed E-state index contributed by atoms with van der Waals surface area (Å²) in [7, 11) is 3.18. The summed E-state index contributed by atoms with van der Waals surface area (Å²) >= 11 is 0. The van der Waals surface area contributed by atoms with E-state index in [9.17, 15) is 13.2 Å². The van der Waals surface area contributed by atoms with Crippen LogP contribution < -0.4 is 10.6 Å². The number of nitrogens with one attached hydrogen (secondary N) is 2. The van der Waals surface area contributed by atoms with Crippen LogP contribution >= 0.6 is 0 Å². The van der Waals surface area contributed by atoms with E-state index in [4.69, 9.17) is 0 Å². The molecule has 0 saturated heterocycles. The zero-order valence-electron chi connectivity index (χ0n) is 12.3. The third-order valence-electron chi connectivity index (χ3n) is 3.37. The van der Waals surface area contributed by atoms with E-state index < -0.39 is 11.7 Å². The lowest BCUT2D eigenvalue weighted by Crippen LogP contribution is -2.12. The maximum atomic E-state index is 12.9. The summed E-state index contributed by atoms with van der Waals surface area (Å²) in [6.07, 6.45) is -2.09. The first-order valence-corrected chi connectivity index (χ1v) is 6.70. The van der Waals surface area contributed by atoms with Crippen LogP contribution in [-0.2, 0) is 13.2 Å². The standard InChI is InChI=1S/C14H13F3N6/c1-18-12-9(14(15,16)17)7-19-13(22-12)21-10-4-3-5-11-8(10)6-20-23(11)2/h3-7H,1-2H3,(H2,18,19,21,22). The summed E-state index contributed by atoms with van der Waals surface area (Å²) in [5.74, 6) is -0.216. The molecule has 0 radical (unpaired) electrons. The molecule has 0 aliphatic heterocycles. The topological polar surface area (TPSA) is 67.7 Å². The molecule has 0 bridgehead atoms. The average Bonchev–Trinajstić information content (AvgIpc) is 2.89. The summed E-state index contributed by atoms with van der Waals surface area (Å²) < 4.78 is 40.3. The number of rotatable bonds is 3. The highest BCUT2D eigenvalue weighted by Crippen LogP contribution is 2.34. The average molecular weight is 322 g/mol. The molecule has 0 fully saturated rings. The second-order valence-corrected chi connectivity index (χ2v) is 4.84. The minimum absolute atomic E-state index is 0.0682. The zero-order chi connectivity index (χ0) is 16.6. The first kappa shape index (κ1) is 15.1. The largest absolute Gasteiger partial charge is 0.421 e. The van der Waals surface area contributed by atoms with Crippen LogP contribution in [0.1, 0.15) is 5.56 Å². The number of halogens is 3. The van der Waals surface area contributed by atoms with Gasteiger partial charge in [-0.2, -0.15) is 23.3 Å². The Morgan fingerprint density at radius 3 is 2.65 bits per heavy atom. The van der Waals surface area contributed by atoms with E-state index in [1.165, 1.54) is 7.05 Å². The molecule has 0 atom stereocenters. The lowest BCUT2D eigenvalue weighted by Gasteiger charge is -2.13. The van der Waals surface area contributed by atoms with Crippen LogP contribution in [0.5, 0.6) is 0 Å². The van der Waals surface area contributed by atoms with Gasteiger partial charge in [0.15, 0.2) is 0 Å². The second-order valence-electron chi connectivity index (χ2n) is 4.84. The number of anilines is 3.